The second kappa shape index (κ2) is 11.6. The first kappa shape index (κ1) is 26.2. The number of piperidine rings is 1. The van der Waals surface area contributed by atoms with Crippen LogP contribution >= 0.6 is 0 Å². The number of nitrogens with zero attached hydrogens (tertiary/aromatic N) is 3. The van der Waals surface area contributed by atoms with Crippen LogP contribution in [0.15, 0.2) is 53.6 Å². The van der Waals surface area contributed by atoms with Crippen LogP contribution in [0, 0.1) is 11.8 Å². The molecule has 8 nitrogen and oxygen atoms in total. The van der Waals surface area contributed by atoms with Crippen molar-refractivity contribution in [1.29, 1.82) is 0 Å². The molecule has 2 heterocycles. The van der Waals surface area contributed by atoms with Crippen molar-refractivity contribution in [2.75, 3.05) is 27.3 Å². The van der Waals surface area contributed by atoms with Gasteiger partial charge >= 0.3 is 0 Å². The maximum Gasteiger partial charge on any atom is 0.246 e. The molecule has 0 spiro atoms. The first-order valence-corrected chi connectivity index (χ1v) is 13.7. The average molecular weight is 519 g/mol. The number of hydrogen-bond donors (Lipinski definition) is 1. The van der Waals surface area contributed by atoms with Crippen molar-refractivity contribution in [3.63, 3.8) is 0 Å². The number of fused-ring (bicyclic) bond motifs is 1. The maximum absolute atomic E-state index is 13.7. The highest BCUT2D eigenvalue weighted by atomic mass is 16.5. The van der Waals surface area contributed by atoms with Gasteiger partial charge in [0, 0.05) is 30.5 Å². The van der Waals surface area contributed by atoms with Gasteiger partial charge < -0.3 is 20.1 Å². The Labute approximate surface area is 224 Å². The predicted molar refractivity (Wildman–Crippen MR) is 146 cm³/mol. The van der Waals surface area contributed by atoms with Crippen LogP contribution in [0.5, 0.6) is 11.5 Å². The number of rotatable bonds is 7. The summed E-state index contributed by atoms with van der Waals surface area (Å²) in [5.74, 6) is 1.49. The van der Waals surface area contributed by atoms with E-state index in [-0.39, 0.29) is 29.7 Å². The molecule has 2 aliphatic heterocycles. The molecule has 2 amide bonds. The molecule has 3 atom stereocenters. The first-order valence-electron chi connectivity index (χ1n) is 13.7. The fraction of sp³-hybridized carbons (Fsp3) is 0.500. The highest BCUT2D eigenvalue weighted by Gasteiger charge is 2.44. The van der Waals surface area contributed by atoms with E-state index in [2.05, 4.69) is 0 Å². The Kier molecular flexibility index (Phi) is 7.98. The van der Waals surface area contributed by atoms with Crippen molar-refractivity contribution in [2.24, 2.45) is 22.7 Å². The Morgan fingerprint density at radius 3 is 2.34 bits per heavy atom. The number of methoxy groups -OCH3 is 2. The molecule has 202 valence electrons. The third-order valence-corrected chi connectivity index (χ3v) is 8.29. The molecule has 0 unspecified atom stereocenters. The van der Waals surface area contributed by atoms with E-state index in [4.69, 9.17) is 20.3 Å². The summed E-state index contributed by atoms with van der Waals surface area (Å²) in [5, 5.41) is 6.75. The second-order valence-electron chi connectivity index (χ2n) is 10.6. The summed E-state index contributed by atoms with van der Waals surface area (Å²) in [7, 11) is 3.25. The van der Waals surface area contributed by atoms with Gasteiger partial charge in [-0.05, 0) is 55.9 Å². The summed E-state index contributed by atoms with van der Waals surface area (Å²) >= 11 is 0. The van der Waals surface area contributed by atoms with Crippen molar-refractivity contribution in [3.05, 3.63) is 59.7 Å². The lowest BCUT2D eigenvalue weighted by molar-refractivity contribution is -0.143. The van der Waals surface area contributed by atoms with Crippen molar-refractivity contribution in [2.45, 2.75) is 57.0 Å². The highest BCUT2D eigenvalue weighted by molar-refractivity contribution is 6.07. The molecule has 1 aliphatic carbocycles. The zero-order valence-corrected chi connectivity index (χ0v) is 22.3. The Bertz CT molecular complexity index is 1180. The number of nitrogens with two attached hydrogens (primary N) is 1. The van der Waals surface area contributed by atoms with Gasteiger partial charge in [-0.3, -0.25) is 9.59 Å². The zero-order chi connectivity index (χ0) is 26.6. The number of ether oxygens (including phenoxy) is 2. The summed E-state index contributed by atoms with van der Waals surface area (Å²) < 4.78 is 11.0. The van der Waals surface area contributed by atoms with Gasteiger partial charge in [-0.15, -0.1) is 0 Å². The Morgan fingerprint density at radius 1 is 0.974 bits per heavy atom. The van der Waals surface area contributed by atoms with E-state index in [1.54, 1.807) is 19.2 Å². The zero-order valence-electron chi connectivity index (χ0n) is 22.3. The lowest BCUT2D eigenvalue weighted by Gasteiger charge is -2.43. The molecule has 38 heavy (non-hydrogen) atoms. The molecule has 2 aromatic carbocycles. The number of hydrogen-bond acceptors (Lipinski definition) is 6. The van der Waals surface area contributed by atoms with E-state index >= 15 is 0 Å². The number of amides is 2. The Morgan fingerprint density at radius 2 is 1.66 bits per heavy atom. The van der Waals surface area contributed by atoms with Gasteiger partial charge in [-0.25, -0.2) is 5.01 Å². The Hall–Kier alpha value is -3.39. The van der Waals surface area contributed by atoms with Crippen LogP contribution in [0.25, 0.3) is 0 Å². The van der Waals surface area contributed by atoms with Crippen LogP contribution in [0.1, 0.15) is 49.7 Å². The summed E-state index contributed by atoms with van der Waals surface area (Å²) in [6, 6.07) is 15.1. The van der Waals surface area contributed by atoms with E-state index in [0.29, 0.717) is 43.9 Å². The van der Waals surface area contributed by atoms with E-state index < -0.39 is 6.04 Å². The van der Waals surface area contributed by atoms with Gasteiger partial charge in [0.2, 0.25) is 11.8 Å². The monoisotopic (exact) mass is 518 g/mol. The third kappa shape index (κ3) is 5.27. The van der Waals surface area contributed by atoms with Crippen LogP contribution in [0.4, 0.5) is 0 Å². The molecule has 2 fully saturated rings. The third-order valence-electron chi connectivity index (χ3n) is 8.29. The molecule has 3 aliphatic rings. The SMILES string of the molecule is COc1ccc(C2=NN(C3CCN(C(=O)[C@H](N)Cc4ccccc4)CC3)C(=O)[C@@H]3CCCC[C@@H]23)cc1OC. The summed E-state index contributed by atoms with van der Waals surface area (Å²) in [6.07, 6.45) is 5.91. The van der Waals surface area contributed by atoms with Crippen molar-refractivity contribution >= 4 is 17.5 Å². The summed E-state index contributed by atoms with van der Waals surface area (Å²) in [4.78, 5) is 28.6. The molecule has 0 bridgehead atoms. The number of likely N-dealkylation sites (tertiary alicyclic amines) is 1. The average Bonchev–Trinajstić information content (AvgIpc) is 2.97. The highest BCUT2D eigenvalue weighted by Crippen LogP contribution is 2.40. The van der Waals surface area contributed by atoms with Gasteiger partial charge in [0.15, 0.2) is 11.5 Å². The maximum atomic E-state index is 13.7. The fourth-order valence-electron chi connectivity index (χ4n) is 6.21. The molecule has 1 saturated heterocycles. The van der Waals surface area contributed by atoms with Gasteiger partial charge in [0.1, 0.15) is 0 Å². The van der Waals surface area contributed by atoms with Gasteiger partial charge in [-0.1, -0.05) is 43.2 Å². The van der Waals surface area contributed by atoms with Gasteiger partial charge in [-0.2, -0.15) is 5.10 Å². The largest absolute Gasteiger partial charge is 0.493 e. The first-order chi connectivity index (χ1) is 18.5. The smallest absolute Gasteiger partial charge is 0.246 e. The predicted octanol–water partition coefficient (Wildman–Crippen LogP) is 3.62. The van der Waals surface area contributed by atoms with Crippen LogP contribution in [-0.2, 0) is 16.0 Å². The lowest BCUT2D eigenvalue weighted by atomic mass is 9.73. The molecule has 2 N–H and O–H groups in total. The second-order valence-corrected chi connectivity index (χ2v) is 10.6. The topological polar surface area (TPSA) is 97.5 Å². The molecule has 8 heteroatoms. The molecule has 1 saturated carbocycles. The minimum Gasteiger partial charge on any atom is -0.493 e. The van der Waals surface area contributed by atoms with Crippen molar-refractivity contribution < 1.29 is 19.1 Å². The standard InChI is InChI=1S/C30H38N4O4/c1-37-26-13-12-21(19-27(26)38-2)28-23-10-6-7-11-24(23)29(35)34(32-28)22-14-16-33(17-15-22)30(36)25(31)18-20-8-4-3-5-9-20/h3-5,8-9,12-13,19,22-25H,6-7,10-11,14-18,31H2,1-2H3/t23-,24-,25-/m1/s1. The normalized spacial score (nSPS) is 22.9. The molecule has 0 aromatic heterocycles. The molecular weight excluding hydrogens is 480 g/mol. The minimum atomic E-state index is -0.566. The molecular formula is C30H38N4O4. The number of hydrazone groups is 1. The number of carbonyl (C=O) groups is 2. The summed E-state index contributed by atoms with van der Waals surface area (Å²) in [6.45, 7) is 1.15. The minimum absolute atomic E-state index is 0.0286. The number of carbonyl (C=O) groups excluding carboxylic acids is 2. The molecule has 0 radical (unpaired) electrons. The van der Waals surface area contributed by atoms with Crippen molar-refractivity contribution in [3.8, 4) is 11.5 Å². The van der Waals surface area contributed by atoms with Crippen LogP contribution in [0.2, 0.25) is 0 Å². The molecule has 5 rings (SSSR count). The lowest BCUT2D eigenvalue weighted by Crippen LogP contribution is -2.54. The van der Waals surface area contributed by atoms with Crippen LogP contribution in [-0.4, -0.2) is 66.8 Å². The van der Waals surface area contributed by atoms with Crippen LogP contribution in [0.3, 0.4) is 0 Å². The number of benzene rings is 2. The molecule has 2 aromatic rings. The van der Waals surface area contributed by atoms with E-state index in [1.807, 2.05) is 53.4 Å². The summed E-state index contributed by atoms with van der Waals surface area (Å²) in [5.41, 5.74) is 9.27. The fourth-order valence-corrected chi connectivity index (χ4v) is 6.21. The van der Waals surface area contributed by atoms with Gasteiger partial charge in [0.05, 0.1) is 32.0 Å². The Balaban J connectivity index is 1.32. The van der Waals surface area contributed by atoms with Crippen molar-refractivity contribution in [1.82, 2.24) is 9.91 Å². The van der Waals surface area contributed by atoms with Gasteiger partial charge in [0.25, 0.3) is 0 Å². The quantitative estimate of drug-likeness (QED) is 0.604. The van der Waals surface area contributed by atoms with E-state index in [9.17, 15) is 9.59 Å². The van der Waals surface area contributed by atoms with E-state index in [0.717, 1.165) is 42.5 Å². The van der Waals surface area contributed by atoms with Crippen LogP contribution < -0.4 is 15.2 Å². The van der Waals surface area contributed by atoms with E-state index in [1.165, 1.54) is 0 Å².